The number of rotatable bonds is 5. The van der Waals surface area contributed by atoms with Crippen molar-refractivity contribution in [1.29, 1.82) is 0 Å². The Morgan fingerprint density at radius 2 is 1.96 bits per heavy atom. The average Bonchev–Trinajstić information content (AvgIpc) is 2.50. The van der Waals surface area contributed by atoms with Gasteiger partial charge in [0.25, 0.3) is 10.0 Å². The van der Waals surface area contributed by atoms with E-state index >= 15 is 0 Å². The van der Waals surface area contributed by atoms with E-state index in [1.807, 2.05) is 0 Å². The van der Waals surface area contributed by atoms with Gasteiger partial charge in [0.15, 0.2) is 0 Å². The van der Waals surface area contributed by atoms with Gasteiger partial charge < -0.3 is 9.84 Å². The molecule has 128 valence electrons. The van der Waals surface area contributed by atoms with Crippen LogP contribution in [0.3, 0.4) is 0 Å². The number of anilines is 1. The Morgan fingerprint density at radius 1 is 1.29 bits per heavy atom. The van der Waals surface area contributed by atoms with Crippen molar-refractivity contribution in [3.8, 4) is 5.75 Å². The number of sulfonamides is 1. The van der Waals surface area contributed by atoms with Gasteiger partial charge in [-0.1, -0.05) is 15.9 Å². The number of aryl methyl sites for hydroxylation is 1. The van der Waals surface area contributed by atoms with E-state index in [1.165, 1.54) is 13.2 Å². The second kappa shape index (κ2) is 6.78. The number of methoxy groups -OCH3 is 1. The normalized spacial score (nSPS) is 11.2. The first-order chi connectivity index (χ1) is 11.2. The van der Waals surface area contributed by atoms with Gasteiger partial charge in [-0.15, -0.1) is 0 Å². The number of hydrogen-bond donors (Lipinski definition) is 2. The van der Waals surface area contributed by atoms with Crippen molar-refractivity contribution in [2.75, 3.05) is 11.8 Å². The fraction of sp³-hybridized carbons (Fsp3) is 0.133. The summed E-state index contributed by atoms with van der Waals surface area (Å²) in [6.45, 7) is 1.77. The number of carboxylic acids is 1. The zero-order valence-corrected chi connectivity index (χ0v) is 15.0. The molecule has 0 aliphatic carbocycles. The summed E-state index contributed by atoms with van der Waals surface area (Å²) >= 11 is 3.25. The monoisotopic (exact) mass is 417 g/mol. The lowest BCUT2D eigenvalue weighted by Gasteiger charge is -2.13. The smallest absolute Gasteiger partial charge is 0.338 e. The predicted octanol–water partition coefficient (Wildman–Crippen LogP) is 3.40. The number of nitrogens with one attached hydrogen (secondary N) is 1. The molecular formula is C15H13BrFNO5S. The molecular weight excluding hydrogens is 405 g/mol. The van der Waals surface area contributed by atoms with Gasteiger partial charge in [-0.25, -0.2) is 17.6 Å². The van der Waals surface area contributed by atoms with E-state index in [4.69, 9.17) is 9.84 Å². The molecule has 2 rings (SSSR count). The third kappa shape index (κ3) is 3.68. The summed E-state index contributed by atoms with van der Waals surface area (Å²) in [7, 11) is -2.74. The van der Waals surface area contributed by atoms with Crippen LogP contribution in [0.2, 0.25) is 0 Å². The van der Waals surface area contributed by atoms with Crippen LogP contribution < -0.4 is 9.46 Å². The van der Waals surface area contributed by atoms with Crippen LogP contribution in [-0.2, 0) is 10.0 Å². The second-order valence-corrected chi connectivity index (χ2v) is 7.36. The summed E-state index contributed by atoms with van der Waals surface area (Å²) in [5, 5.41) is 8.91. The van der Waals surface area contributed by atoms with Crippen LogP contribution in [0.25, 0.3) is 0 Å². The highest BCUT2D eigenvalue weighted by Crippen LogP contribution is 2.31. The standard InChI is InChI=1S/C15H13BrFNO5S/c1-8-5-13(23-2)14(7-11(8)16)24(21,22)18-9-3-4-12(17)10(6-9)15(19)20/h3-7,18H,1-2H3,(H,19,20). The molecule has 2 aromatic carbocycles. The quantitative estimate of drug-likeness (QED) is 0.777. The zero-order valence-electron chi connectivity index (χ0n) is 12.6. The fourth-order valence-corrected chi connectivity index (χ4v) is 3.69. The van der Waals surface area contributed by atoms with Crippen molar-refractivity contribution >= 4 is 37.6 Å². The highest BCUT2D eigenvalue weighted by atomic mass is 79.9. The molecule has 24 heavy (non-hydrogen) atoms. The van der Waals surface area contributed by atoms with Crippen LogP contribution in [0.4, 0.5) is 10.1 Å². The number of carbonyl (C=O) groups is 1. The highest BCUT2D eigenvalue weighted by Gasteiger charge is 2.22. The van der Waals surface area contributed by atoms with E-state index in [0.717, 1.165) is 23.8 Å². The summed E-state index contributed by atoms with van der Waals surface area (Å²) < 4.78 is 46.4. The van der Waals surface area contributed by atoms with Crippen molar-refractivity contribution < 1.29 is 27.4 Å². The third-order valence-electron chi connectivity index (χ3n) is 3.18. The Hall–Kier alpha value is -2.13. The van der Waals surface area contributed by atoms with E-state index in [0.29, 0.717) is 4.47 Å². The van der Waals surface area contributed by atoms with Gasteiger partial charge in [0.05, 0.1) is 12.7 Å². The maximum atomic E-state index is 13.4. The SMILES string of the molecule is COc1cc(C)c(Br)cc1S(=O)(=O)Nc1ccc(F)c(C(=O)O)c1. The van der Waals surface area contributed by atoms with Gasteiger partial charge >= 0.3 is 5.97 Å². The van der Waals surface area contributed by atoms with Crippen molar-refractivity contribution in [1.82, 2.24) is 0 Å². The van der Waals surface area contributed by atoms with Crippen LogP contribution in [0.1, 0.15) is 15.9 Å². The number of ether oxygens (including phenoxy) is 1. The van der Waals surface area contributed by atoms with Crippen LogP contribution in [0.15, 0.2) is 39.7 Å². The molecule has 0 aliphatic rings. The van der Waals surface area contributed by atoms with Gasteiger partial charge in [-0.2, -0.15) is 0 Å². The Bertz CT molecular complexity index is 914. The summed E-state index contributed by atoms with van der Waals surface area (Å²) in [6.07, 6.45) is 0. The fourth-order valence-electron chi connectivity index (χ4n) is 1.97. The lowest BCUT2D eigenvalue weighted by atomic mass is 10.2. The topological polar surface area (TPSA) is 92.7 Å². The number of aromatic carboxylic acids is 1. The molecule has 0 atom stereocenters. The predicted molar refractivity (Wildman–Crippen MR) is 89.6 cm³/mol. The minimum Gasteiger partial charge on any atom is -0.495 e. The molecule has 0 heterocycles. The molecule has 0 spiro atoms. The molecule has 0 bridgehead atoms. The Labute approximate surface area is 146 Å². The third-order valence-corrected chi connectivity index (χ3v) is 5.44. The molecule has 9 heteroatoms. The molecule has 0 fully saturated rings. The lowest BCUT2D eigenvalue weighted by Crippen LogP contribution is -2.15. The Kier molecular flexibility index (Phi) is 5.14. The van der Waals surface area contributed by atoms with Crippen LogP contribution in [0, 0.1) is 12.7 Å². The van der Waals surface area contributed by atoms with Crippen molar-refractivity contribution in [2.45, 2.75) is 11.8 Å². The minimum atomic E-state index is -4.07. The van der Waals surface area contributed by atoms with Crippen LogP contribution in [-0.4, -0.2) is 26.6 Å². The zero-order chi connectivity index (χ0) is 18.1. The largest absolute Gasteiger partial charge is 0.495 e. The maximum absolute atomic E-state index is 13.4. The molecule has 6 nitrogen and oxygen atoms in total. The first-order valence-electron chi connectivity index (χ1n) is 6.55. The maximum Gasteiger partial charge on any atom is 0.338 e. The average molecular weight is 418 g/mol. The first-order valence-corrected chi connectivity index (χ1v) is 8.83. The summed E-state index contributed by atoms with van der Waals surface area (Å²) in [5.74, 6) is -2.32. The van der Waals surface area contributed by atoms with Crippen LogP contribution >= 0.6 is 15.9 Å². The number of hydrogen-bond acceptors (Lipinski definition) is 4. The Balaban J connectivity index is 2.48. The molecule has 0 radical (unpaired) electrons. The van der Waals surface area contributed by atoms with Gasteiger partial charge in [0.1, 0.15) is 16.5 Å². The molecule has 0 unspecified atom stereocenters. The van der Waals surface area contributed by atoms with Crippen molar-refractivity contribution in [2.24, 2.45) is 0 Å². The molecule has 2 aromatic rings. The molecule has 0 saturated heterocycles. The van der Waals surface area contributed by atoms with Gasteiger partial charge in [0, 0.05) is 10.2 Å². The molecule has 0 aliphatic heterocycles. The van der Waals surface area contributed by atoms with Gasteiger partial charge in [-0.3, -0.25) is 4.72 Å². The van der Waals surface area contributed by atoms with E-state index < -0.39 is 27.4 Å². The Morgan fingerprint density at radius 3 is 2.54 bits per heavy atom. The van der Waals surface area contributed by atoms with E-state index in [2.05, 4.69) is 20.7 Å². The lowest BCUT2D eigenvalue weighted by molar-refractivity contribution is 0.0692. The van der Waals surface area contributed by atoms with E-state index in [1.54, 1.807) is 13.0 Å². The summed E-state index contributed by atoms with van der Waals surface area (Å²) in [4.78, 5) is 10.8. The molecule has 0 saturated carbocycles. The number of carboxylic acid groups (broad SMARTS) is 1. The van der Waals surface area contributed by atoms with Crippen molar-refractivity contribution in [3.05, 3.63) is 51.7 Å². The number of halogens is 2. The molecule has 0 aromatic heterocycles. The van der Waals surface area contributed by atoms with Crippen molar-refractivity contribution in [3.63, 3.8) is 0 Å². The van der Waals surface area contributed by atoms with E-state index in [9.17, 15) is 17.6 Å². The molecule has 0 amide bonds. The van der Waals surface area contributed by atoms with Gasteiger partial charge in [-0.05, 0) is 42.8 Å². The second-order valence-electron chi connectivity index (χ2n) is 4.86. The van der Waals surface area contributed by atoms with Crippen LogP contribution in [0.5, 0.6) is 5.75 Å². The van der Waals surface area contributed by atoms with E-state index in [-0.39, 0.29) is 16.3 Å². The summed E-state index contributed by atoms with van der Waals surface area (Å²) in [5.41, 5.74) is 0.0700. The minimum absolute atomic E-state index is 0.0763. The number of benzene rings is 2. The highest BCUT2D eigenvalue weighted by molar-refractivity contribution is 9.10. The molecule has 2 N–H and O–H groups in total. The van der Waals surface area contributed by atoms with Gasteiger partial charge in [0.2, 0.25) is 0 Å². The summed E-state index contributed by atoms with van der Waals surface area (Å²) in [6, 6.07) is 5.84. The first kappa shape index (κ1) is 18.2.